The van der Waals surface area contributed by atoms with Crippen molar-refractivity contribution in [3.05, 3.63) is 11.8 Å². The fourth-order valence-electron chi connectivity index (χ4n) is 1.44. The first-order chi connectivity index (χ1) is 7.47. The van der Waals surface area contributed by atoms with Crippen molar-refractivity contribution in [1.29, 1.82) is 0 Å². The van der Waals surface area contributed by atoms with E-state index in [-0.39, 0.29) is 6.42 Å². The predicted octanol–water partition coefficient (Wildman–Crippen LogP) is 2.62. The van der Waals surface area contributed by atoms with Crippen LogP contribution < -0.4 is 0 Å². The zero-order chi connectivity index (χ0) is 12.2. The molecule has 0 aromatic heterocycles. The monoisotopic (exact) mass is 240 g/mol. The molecule has 0 aliphatic carbocycles. The van der Waals surface area contributed by atoms with E-state index in [1.165, 1.54) is 0 Å². The summed E-state index contributed by atoms with van der Waals surface area (Å²) in [5.41, 5.74) is 0. The normalized spacial score (nSPS) is 26.2. The second kappa shape index (κ2) is 5.54. The van der Waals surface area contributed by atoms with Crippen LogP contribution in [0.15, 0.2) is 11.8 Å². The van der Waals surface area contributed by atoms with Gasteiger partial charge in [-0.2, -0.15) is 13.2 Å². The maximum absolute atomic E-state index is 12.5. The fraction of sp³-hybridized carbons (Fsp3) is 0.800. The van der Waals surface area contributed by atoms with Crippen molar-refractivity contribution >= 4 is 0 Å². The second-order valence-corrected chi connectivity index (χ2v) is 3.26. The third-order valence-corrected chi connectivity index (χ3v) is 2.03. The lowest BCUT2D eigenvalue weighted by Crippen LogP contribution is -2.33. The molecule has 0 N–H and O–H groups in total. The number of rotatable bonds is 4. The molecule has 3 nitrogen and oxygen atoms in total. The second-order valence-electron chi connectivity index (χ2n) is 3.26. The maximum Gasteiger partial charge on any atom is 0.448 e. The van der Waals surface area contributed by atoms with Crippen molar-refractivity contribution in [3.63, 3.8) is 0 Å². The Kier molecular flexibility index (Phi) is 4.61. The van der Waals surface area contributed by atoms with Crippen LogP contribution in [0.25, 0.3) is 0 Å². The summed E-state index contributed by atoms with van der Waals surface area (Å²) >= 11 is 0. The Bertz CT molecular complexity index is 250. The van der Waals surface area contributed by atoms with Gasteiger partial charge in [0.1, 0.15) is 0 Å². The van der Waals surface area contributed by atoms with Gasteiger partial charge in [-0.25, -0.2) is 0 Å². The number of allylic oxidation sites excluding steroid dienone is 1. The summed E-state index contributed by atoms with van der Waals surface area (Å²) in [5, 5.41) is 0. The summed E-state index contributed by atoms with van der Waals surface area (Å²) in [6, 6.07) is 0. The molecule has 0 saturated heterocycles. The molecule has 16 heavy (non-hydrogen) atoms. The summed E-state index contributed by atoms with van der Waals surface area (Å²) in [4.78, 5) is 0. The van der Waals surface area contributed by atoms with Gasteiger partial charge in [-0.1, -0.05) is 0 Å². The molecule has 94 valence electrons. The summed E-state index contributed by atoms with van der Waals surface area (Å²) in [6.07, 6.45) is -4.75. The molecule has 6 heteroatoms. The van der Waals surface area contributed by atoms with E-state index in [0.29, 0.717) is 13.2 Å². The maximum atomic E-state index is 12.5. The molecule has 2 unspecified atom stereocenters. The van der Waals surface area contributed by atoms with Crippen molar-refractivity contribution in [2.45, 2.75) is 38.8 Å². The average molecular weight is 240 g/mol. The lowest BCUT2D eigenvalue weighted by molar-refractivity contribution is -0.203. The third-order valence-electron chi connectivity index (χ3n) is 2.03. The van der Waals surface area contributed by atoms with Gasteiger partial charge in [-0.15, -0.1) is 0 Å². The van der Waals surface area contributed by atoms with Crippen molar-refractivity contribution in [3.8, 4) is 0 Å². The van der Waals surface area contributed by atoms with Gasteiger partial charge >= 0.3 is 6.18 Å². The molecule has 0 fully saturated rings. The highest BCUT2D eigenvalue weighted by Gasteiger charge is 2.41. The summed E-state index contributed by atoms with van der Waals surface area (Å²) < 4.78 is 52.3. The van der Waals surface area contributed by atoms with Gasteiger partial charge in [0.05, 0.1) is 6.10 Å². The van der Waals surface area contributed by atoms with Crippen molar-refractivity contribution in [2.75, 3.05) is 13.2 Å². The number of alkyl halides is 3. The van der Waals surface area contributed by atoms with Gasteiger partial charge in [-0.05, 0) is 19.9 Å². The Morgan fingerprint density at radius 1 is 1.31 bits per heavy atom. The molecule has 1 aliphatic rings. The van der Waals surface area contributed by atoms with Crippen molar-refractivity contribution < 1.29 is 27.4 Å². The Morgan fingerprint density at radius 2 is 1.94 bits per heavy atom. The number of halogens is 3. The van der Waals surface area contributed by atoms with Crippen LogP contribution in [-0.4, -0.2) is 31.8 Å². The van der Waals surface area contributed by atoms with Gasteiger partial charge in [0.15, 0.2) is 0 Å². The largest absolute Gasteiger partial charge is 0.460 e. The Balaban J connectivity index is 2.73. The van der Waals surface area contributed by atoms with E-state index in [4.69, 9.17) is 14.2 Å². The Labute approximate surface area is 92.2 Å². The fourth-order valence-corrected chi connectivity index (χ4v) is 1.44. The zero-order valence-corrected chi connectivity index (χ0v) is 9.21. The van der Waals surface area contributed by atoms with E-state index in [1.54, 1.807) is 13.8 Å². The molecular weight excluding hydrogens is 225 g/mol. The van der Waals surface area contributed by atoms with Gasteiger partial charge in [0.2, 0.25) is 12.0 Å². The number of hydrogen-bond donors (Lipinski definition) is 0. The molecule has 1 aliphatic heterocycles. The van der Waals surface area contributed by atoms with Crippen LogP contribution in [0.2, 0.25) is 0 Å². The first kappa shape index (κ1) is 13.3. The summed E-state index contributed by atoms with van der Waals surface area (Å²) in [7, 11) is 0. The summed E-state index contributed by atoms with van der Waals surface area (Å²) in [6.45, 7) is 4.08. The Morgan fingerprint density at radius 3 is 2.44 bits per heavy atom. The standard InChI is InChI=1S/C10H15F3O3/c1-3-14-7-5-8(10(11,12)13)16-9(6-7)15-4-2/h5,7,9H,3-4,6H2,1-2H3. The molecule has 0 spiro atoms. The minimum atomic E-state index is -4.49. The van der Waals surface area contributed by atoms with Crippen LogP contribution in [0, 0.1) is 0 Å². The van der Waals surface area contributed by atoms with E-state index < -0.39 is 24.3 Å². The topological polar surface area (TPSA) is 27.7 Å². The minimum absolute atomic E-state index is 0.279. The number of ether oxygens (including phenoxy) is 3. The highest BCUT2D eigenvalue weighted by Crippen LogP contribution is 2.32. The molecule has 1 rings (SSSR count). The first-order valence-corrected chi connectivity index (χ1v) is 5.16. The van der Waals surface area contributed by atoms with Crippen LogP contribution in [0.5, 0.6) is 0 Å². The van der Waals surface area contributed by atoms with Crippen LogP contribution in [0.4, 0.5) is 13.2 Å². The molecule has 2 atom stereocenters. The molecule has 0 radical (unpaired) electrons. The van der Waals surface area contributed by atoms with Crippen LogP contribution in [-0.2, 0) is 14.2 Å². The van der Waals surface area contributed by atoms with Gasteiger partial charge in [-0.3, -0.25) is 0 Å². The van der Waals surface area contributed by atoms with Crippen LogP contribution in [0.3, 0.4) is 0 Å². The quantitative estimate of drug-likeness (QED) is 0.756. The van der Waals surface area contributed by atoms with E-state index >= 15 is 0 Å². The van der Waals surface area contributed by atoms with Crippen molar-refractivity contribution in [1.82, 2.24) is 0 Å². The lowest BCUT2D eigenvalue weighted by atomic mass is 10.1. The zero-order valence-electron chi connectivity index (χ0n) is 9.21. The van der Waals surface area contributed by atoms with Gasteiger partial charge in [0, 0.05) is 19.6 Å². The third kappa shape index (κ3) is 3.68. The Hall–Kier alpha value is -0.750. The van der Waals surface area contributed by atoms with Gasteiger partial charge in [0.25, 0.3) is 0 Å². The van der Waals surface area contributed by atoms with E-state index in [2.05, 4.69) is 0 Å². The van der Waals surface area contributed by atoms with Gasteiger partial charge < -0.3 is 14.2 Å². The van der Waals surface area contributed by atoms with E-state index in [1.807, 2.05) is 0 Å². The van der Waals surface area contributed by atoms with E-state index in [9.17, 15) is 13.2 Å². The first-order valence-electron chi connectivity index (χ1n) is 5.16. The molecular formula is C10H15F3O3. The molecule has 0 bridgehead atoms. The lowest BCUT2D eigenvalue weighted by Gasteiger charge is -2.29. The molecule has 0 saturated carbocycles. The summed E-state index contributed by atoms with van der Waals surface area (Å²) in [5.74, 6) is -1.03. The highest BCUT2D eigenvalue weighted by atomic mass is 19.4. The molecule has 1 heterocycles. The van der Waals surface area contributed by atoms with Crippen LogP contribution in [0.1, 0.15) is 20.3 Å². The number of hydrogen-bond acceptors (Lipinski definition) is 3. The molecule has 0 aromatic carbocycles. The molecule has 0 aromatic rings. The predicted molar refractivity (Wildman–Crippen MR) is 50.7 cm³/mol. The van der Waals surface area contributed by atoms with Crippen molar-refractivity contribution in [2.24, 2.45) is 0 Å². The SMILES string of the molecule is CCOC1C=C(C(F)(F)F)OC(OCC)C1. The molecule has 0 amide bonds. The minimum Gasteiger partial charge on any atom is -0.460 e. The average Bonchev–Trinajstić information content (AvgIpc) is 2.17. The van der Waals surface area contributed by atoms with E-state index in [0.717, 1.165) is 6.08 Å². The van der Waals surface area contributed by atoms with Crippen LogP contribution >= 0.6 is 0 Å². The highest BCUT2D eigenvalue weighted by molar-refractivity contribution is 5.07. The smallest absolute Gasteiger partial charge is 0.448 e.